The van der Waals surface area contributed by atoms with Gasteiger partial charge in [-0.2, -0.15) is 0 Å². The predicted molar refractivity (Wildman–Crippen MR) is 59.8 cm³/mol. The number of aromatic nitrogens is 1. The molecule has 1 aromatic rings. The molecular weight excluding hydrogens is 373 g/mol. The Morgan fingerprint density at radius 2 is 2.11 bits per heavy atom. The first kappa shape index (κ1) is 14.9. The summed E-state index contributed by atoms with van der Waals surface area (Å²) in [7, 11) is 0.988. The van der Waals surface area contributed by atoms with Gasteiger partial charge in [-0.05, 0) is 28.7 Å². The number of hydrogen-bond acceptors (Lipinski definition) is 4. The van der Waals surface area contributed by atoms with E-state index in [1.54, 1.807) is 0 Å². The van der Waals surface area contributed by atoms with E-state index in [0.29, 0.717) is 0 Å². The van der Waals surface area contributed by atoms with Gasteiger partial charge in [-0.25, -0.2) is 14.2 Å². The summed E-state index contributed by atoms with van der Waals surface area (Å²) < 4.78 is 56.7. The normalized spacial score (nSPS) is 11.2. The van der Waals surface area contributed by atoms with Gasteiger partial charge in [-0.1, -0.05) is 0 Å². The third kappa shape index (κ3) is 3.68. The molecule has 18 heavy (non-hydrogen) atoms. The zero-order valence-corrected chi connectivity index (χ0v) is 11.0. The first-order valence-electron chi connectivity index (χ1n) is 4.38. The van der Waals surface area contributed by atoms with E-state index in [1.165, 1.54) is 22.6 Å². The van der Waals surface area contributed by atoms with Crippen LogP contribution in [0, 0.1) is 3.70 Å². The van der Waals surface area contributed by atoms with Crippen molar-refractivity contribution in [1.82, 2.24) is 4.98 Å². The molecule has 1 rings (SSSR count). The molecule has 0 aliphatic heterocycles. The number of methoxy groups -OCH3 is 1. The molecule has 1 aromatic heterocycles. The summed E-state index contributed by atoms with van der Waals surface area (Å²) in [6, 6.07) is 0.856. The summed E-state index contributed by atoms with van der Waals surface area (Å²) >= 11 is 1.41. The van der Waals surface area contributed by atoms with Crippen molar-refractivity contribution in [1.29, 1.82) is 0 Å². The Kier molecular flexibility index (Phi) is 4.71. The Balaban J connectivity index is 3.33. The van der Waals surface area contributed by atoms with Crippen molar-refractivity contribution < 1.29 is 31.8 Å². The van der Waals surface area contributed by atoms with E-state index in [-0.39, 0.29) is 9.39 Å². The second kappa shape index (κ2) is 5.67. The molecule has 100 valence electrons. The van der Waals surface area contributed by atoms with Crippen LogP contribution in [0.4, 0.5) is 17.6 Å². The lowest BCUT2D eigenvalue weighted by atomic mass is 10.2. The summed E-state index contributed by atoms with van der Waals surface area (Å²) in [5.74, 6) is -1.86. The van der Waals surface area contributed by atoms with Crippen LogP contribution in [-0.4, -0.2) is 24.4 Å². The van der Waals surface area contributed by atoms with E-state index >= 15 is 0 Å². The van der Waals surface area contributed by atoms with Crippen molar-refractivity contribution in [2.24, 2.45) is 0 Å². The molecule has 0 fully saturated rings. The quantitative estimate of drug-likeness (QED) is 0.351. The number of halogens is 5. The summed E-state index contributed by atoms with van der Waals surface area (Å²) in [6.45, 7) is -1.02. The highest BCUT2D eigenvalue weighted by Crippen LogP contribution is 2.31. The lowest BCUT2D eigenvalue weighted by Crippen LogP contribution is -2.21. The summed E-state index contributed by atoms with van der Waals surface area (Å²) in [5, 5.41) is 0. The van der Waals surface area contributed by atoms with Crippen LogP contribution in [0.5, 0.6) is 5.75 Å². The predicted octanol–water partition coefficient (Wildman–Crippen LogP) is 2.84. The zero-order valence-electron chi connectivity index (χ0n) is 8.85. The smallest absolute Gasteiger partial charge is 0.465 e. The molecule has 1 heterocycles. The number of alkyl halides is 4. The molecule has 0 amide bonds. The van der Waals surface area contributed by atoms with Crippen molar-refractivity contribution in [2.75, 3.05) is 7.11 Å². The second-order valence-electron chi connectivity index (χ2n) is 2.95. The molecule has 0 bridgehead atoms. The largest absolute Gasteiger partial charge is 0.573 e. The highest BCUT2D eigenvalue weighted by molar-refractivity contribution is 14.1. The van der Waals surface area contributed by atoms with Crippen LogP contribution in [0.15, 0.2) is 6.07 Å². The SMILES string of the molecule is COC(=O)c1cc(CF)nc(I)c1OC(F)(F)F. The van der Waals surface area contributed by atoms with Gasteiger partial charge < -0.3 is 9.47 Å². The maximum Gasteiger partial charge on any atom is 0.573 e. The van der Waals surface area contributed by atoms with Crippen LogP contribution in [0.25, 0.3) is 0 Å². The molecular formula is C9H6F4INO3. The van der Waals surface area contributed by atoms with Gasteiger partial charge in [0.05, 0.1) is 12.8 Å². The number of esters is 1. The molecule has 4 nitrogen and oxygen atoms in total. The Hall–Kier alpha value is -1.13. The van der Waals surface area contributed by atoms with Crippen molar-refractivity contribution in [3.05, 3.63) is 21.0 Å². The number of carbonyl (C=O) groups excluding carboxylic acids is 1. The number of nitrogens with zero attached hydrogens (tertiary/aromatic N) is 1. The van der Waals surface area contributed by atoms with Crippen molar-refractivity contribution in [3.8, 4) is 5.75 Å². The first-order chi connectivity index (χ1) is 8.28. The van der Waals surface area contributed by atoms with E-state index in [9.17, 15) is 22.4 Å². The van der Waals surface area contributed by atoms with Crippen LogP contribution < -0.4 is 4.74 Å². The maximum absolute atomic E-state index is 12.4. The topological polar surface area (TPSA) is 48.4 Å². The number of pyridine rings is 1. The van der Waals surface area contributed by atoms with E-state index in [0.717, 1.165) is 13.2 Å². The van der Waals surface area contributed by atoms with Gasteiger partial charge in [0.2, 0.25) is 0 Å². The van der Waals surface area contributed by atoms with Gasteiger partial charge in [0, 0.05) is 0 Å². The fourth-order valence-electron chi connectivity index (χ4n) is 1.10. The van der Waals surface area contributed by atoms with Gasteiger partial charge in [0.15, 0.2) is 5.75 Å². The van der Waals surface area contributed by atoms with Crippen molar-refractivity contribution in [3.63, 3.8) is 0 Å². The number of hydrogen-bond donors (Lipinski definition) is 0. The molecule has 0 spiro atoms. The van der Waals surface area contributed by atoms with Crippen molar-refractivity contribution in [2.45, 2.75) is 13.0 Å². The Bertz CT molecular complexity index is 464. The summed E-state index contributed by atoms with van der Waals surface area (Å²) in [6.07, 6.45) is -4.98. The lowest BCUT2D eigenvalue weighted by Gasteiger charge is -2.14. The highest BCUT2D eigenvalue weighted by atomic mass is 127. The molecule has 0 atom stereocenters. The highest BCUT2D eigenvalue weighted by Gasteiger charge is 2.35. The summed E-state index contributed by atoms with van der Waals surface area (Å²) in [4.78, 5) is 14.8. The Morgan fingerprint density at radius 1 is 1.50 bits per heavy atom. The third-order valence-corrected chi connectivity index (χ3v) is 2.48. The van der Waals surface area contributed by atoms with Crippen molar-refractivity contribution >= 4 is 28.6 Å². The van der Waals surface area contributed by atoms with Crippen LogP contribution in [0.2, 0.25) is 0 Å². The lowest BCUT2D eigenvalue weighted by molar-refractivity contribution is -0.275. The molecule has 0 aliphatic rings. The van der Waals surface area contributed by atoms with Gasteiger partial charge in [-0.3, -0.25) is 0 Å². The van der Waals surface area contributed by atoms with Gasteiger partial charge in [0.1, 0.15) is 15.9 Å². The second-order valence-corrected chi connectivity index (χ2v) is 3.98. The van der Waals surface area contributed by atoms with Crippen LogP contribution in [-0.2, 0) is 11.4 Å². The number of ether oxygens (including phenoxy) is 2. The molecule has 0 N–H and O–H groups in total. The van der Waals surface area contributed by atoms with E-state index < -0.39 is 30.3 Å². The van der Waals surface area contributed by atoms with E-state index in [1.807, 2.05) is 0 Å². The Morgan fingerprint density at radius 3 is 2.56 bits per heavy atom. The maximum atomic E-state index is 12.4. The van der Waals surface area contributed by atoms with Crippen LogP contribution >= 0.6 is 22.6 Å². The molecule has 0 saturated carbocycles. The molecule has 0 saturated heterocycles. The average molecular weight is 379 g/mol. The zero-order chi connectivity index (χ0) is 13.9. The molecule has 9 heteroatoms. The first-order valence-corrected chi connectivity index (χ1v) is 5.45. The van der Waals surface area contributed by atoms with Crippen LogP contribution in [0.1, 0.15) is 16.1 Å². The summed E-state index contributed by atoms with van der Waals surface area (Å²) in [5.41, 5.74) is -0.712. The molecule has 0 radical (unpaired) electrons. The molecule has 0 aliphatic carbocycles. The van der Waals surface area contributed by atoms with Gasteiger partial charge in [-0.15, -0.1) is 13.2 Å². The van der Waals surface area contributed by atoms with Gasteiger partial charge in [0.25, 0.3) is 0 Å². The number of carbonyl (C=O) groups is 1. The standard InChI is InChI=1S/C9H6F4INO3/c1-17-8(16)5-2-4(3-10)15-7(14)6(5)18-9(11,12)13/h2H,3H2,1H3. The fraction of sp³-hybridized carbons (Fsp3) is 0.333. The third-order valence-electron chi connectivity index (χ3n) is 1.74. The minimum Gasteiger partial charge on any atom is -0.465 e. The minimum absolute atomic E-state index is 0.186. The molecule has 0 unspecified atom stereocenters. The fourth-order valence-corrected chi connectivity index (χ4v) is 1.81. The average Bonchev–Trinajstić information content (AvgIpc) is 2.28. The van der Waals surface area contributed by atoms with Gasteiger partial charge >= 0.3 is 12.3 Å². The Labute approximate surface area is 112 Å². The van der Waals surface area contributed by atoms with E-state index in [2.05, 4.69) is 14.5 Å². The molecule has 0 aromatic carbocycles. The minimum atomic E-state index is -4.98. The number of rotatable bonds is 3. The van der Waals surface area contributed by atoms with E-state index in [4.69, 9.17) is 0 Å². The monoisotopic (exact) mass is 379 g/mol. The van der Waals surface area contributed by atoms with Crippen LogP contribution in [0.3, 0.4) is 0 Å².